The van der Waals surface area contributed by atoms with Gasteiger partial charge in [0.1, 0.15) is 17.3 Å². The third kappa shape index (κ3) is 3.73. The molecule has 2 N–H and O–H groups in total. The Balaban J connectivity index is 1.70. The molecule has 0 aliphatic carbocycles. The summed E-state index contributed by atoms with van der Waals surface area (Å²) in [6.07, 6.45) is 1.45. The smallest absolute Gasteiger partial charge is 0.274 e. The molecule has 0 saturated heterocycles. The van der Waals surface area contributed by atoms with Crippen molar-refractivity contribution < 1.29 is 13.6 Å². The monoisotopic (exact) mass is 325 g/mol. The first-order valence-corrected chi connectivity index (χ1v) is 7.16. The highest BCUT2D eigenvalue weighted by Crippen LogP contribution is 2.18. The Kier molecular flexibility index (Phi) is 4.47. The lowest BCUT2D eigenvalue weighted by Gasteiger charge is -2.08. The molecule has 0 aliphatic heterocycles. The number of carbonyl (C=O) groups is 1. The van der Waals surface area contributed by atoms with Crippen molar-refractivity contribution in [2.24, 2.45) is 0 Å². The number of hydrogen-bond acceptors (Lipinski definition) is 3. The van der Waals surface area contributed by atoms with Gasteiger partial charge in [-0.15, -0.1) is 0 Å². The van der Waals surface area contributed by atoms with Crippen LogP contribution in [-0.4, -0.2) is 10.9 Å². The van der Waals surface area contributed by atoms with E-state index in [1.54, 1.807) is 24.3 Å². The van der Waals surface area contributed by atoms with Crippen LogP contribution in [0.1, 0.15) is 10.5 Å². The molecule has 0 radical (unpaired) electrons. The minimum atomic E-state index is -0.518. The minimum Gasteiger partial charge on any atom is -0.354 e. The second kappa shape index (κ2) is 6.87. The quantitative estimate of drug-likeness (QED) is 0.749. The molecule has 120 valence electrons. The van der Waals surface area contributed by atoms with E-state index in [2.05, 4.69) is 15.6 Å². The summed E-state index contributed by atoms with van der Waals surface area (Å²) in [6.45, 7) is 0. The Morgan fingerprint density at radius 1 is 0.917 bits per heavy atom. The highest BCUT2D eigenvalue weighted by Gasteiger charge is 2.10. The SMILES string of the molecule is O=C(Nc1ccccc1F)c1ccc(Nc2cccc(F)c2)cn1. The number of aromatic nitrogens is 1. The summed E-state index contributed by atoms with van der Waals surface area (Å²) >= 11 is 0. The molecule has 0 atom stereocenters. The van der Waals surface area contributed by atoms with Crippen molar-refractivity contribution in [1.29, 1.82) is 0 Å². The summed E-state index contributed by atoms with van der Waals surface area (Å²) in [5, 5.41) is 5.43. The number of hydrogen-bond donors (Lipinski definition) is 2. The summed E-state index contributed by atoms with van der Waals surface area (Å²) < 4.78 is 26.7. The van der Waals surface area contributed by atoms with Gasteiger partial charge in [0.05, 0.1) is 17.6 Å². The van der Waals surface area contributed by atoms with Gasteiger partial charge < -0.3 is 10.6 Å². The number of nitrogens with one attached hydrogen (secondary N) is 2. The van der Waals surface area contributed by atoms with E-state index in [1.165, 1.54) is 42.6 Å². The summed E-state index contributed by atoms with van der Waals surface area (Å²) in [6, 6.07) is 15.0. The molecule has 3 rings (SSSR count). The first-order chi connectivity index (χ1) is 11.6. The fourth-order valence-corrected chi connectivity index (χ4v) is 2.08. The number of halogens is 2. The zero-order valence-electron chi connectivity index (χ0n) is 12.5. The highest BCUT2D eigenvalue weighted by molar-refractivity contribution is 6.03. The largest absolute Gasteiger partial charge is 0.354 e. The molecule has 6 heteroatoms. The van der Waals surface area contributed by atoms with Crippen LogP contribution in [0.25, 0.3) is 0 Å². The Bertz CT molecular complexity index is 866. The molecule has 0 aliphatic rings. The molecule has 0 fully saturated rings. The number of pyridine rings is 1. The molecular weight excluding hydrogens is 312 g/mol. The van der Waals surface area contributed by atoms with Gasteiger partial charge in [0.2, 0.25) is 0 Å². The molecule has 2 aromatic carbocycles. The fourth-order valence-electron chi connectivity index (χ4n) is 2.08. The molecular formula is C18H13F2N3O. The lowest BCUT2D eigenvalue weighted by Crippen LogP contribution is -2.14. The van der Waals surface area contributed by atoms with Gasteiger partial charge in [-0.2, -0.15) is 0 Å². The van der Waals surface area contributed by atoms with Gasteiger partial charge in [-0.3, -0.25) is 4.79 Å². The van der Waals surface area contributed by atoms with Crippen LogP contribution in [0.4, 0.5) is 25.8 Å². The molecule has 1 heterocycles. The molecule has 24 heavy (non-hydrogen) atoms. The van der Waals surface area contributed by atoms with E-state index in [4.69, 9.17) is 0 Å². The Labute approximate surface area is 137 Å². The number of para-hydroxylation sites is 1. The van der Waals surface area contributed by atoms with Gasteiger partial charge in [0.25, 0.3) is 5.91 Å². The van der Waals surface area contributed by atoms with Crippen LogP contribution in [0, 0.1) is 11.6 Å². The van der Waals surface area contributed by atoms with Gasteiger partial charge in [0, 0.05) is 5.69 Å². The Morgan fingerprint density at radius 3 is 2.46 bits per heavy atom. The van der Waals surface area contributed by atoms with Gasteiger partial charge in [-0.1, -0.05) is 18.2 Å². The zero-order chi connectivity index (χ0) is 16.9. The molecule has 3 aromatic rings. The molecule has 1 amide bonds. The molecule has 0 saturated carbocycles. The maximum absolute atomic E-state index is 13.5. The number of rotatable bonds is 4. The van der Waals surface area contributed by atoms with Gasteiger partial charge in [-0.25, -0.2) is 13.8 Å². The molecule has 1 aromatic heterocycles. The topological polar surface area (TPSA) is 54.0 Å². The lowest BCUT2D eigenvalue weighted by molar-refractivity contribution is 0.102. The summed E-state index contributed by atoms with van der Waals surface area (Å²) in [5.41, 5.74) is 1.40. The van der Waals surface area contributed by atoms with Crippen LogP contribution in [0.15, 0.2) is 66.9 Å². The second-order valence-electron chi connectivity index (χ2n) is 5.00. The van der Waals surface area contributed by atoms with Crippen molar-refractivity contribution in [2.75, 3.05) is 10.6 Å². The first kappa shape index (κ1) is 15.6. The van der Waals surface area contributed by atoms with E-state index in [0.29, 0.717) is 11.4 Å². The van der Waals surface area contributed by atoms with E-state index >= 15 is 0 Å². The van der Waals surface area contributed by atoms with Crippen LogP contribution >= 0.6 is 0 Å². The number of carbonyl (C=O) groups excluding carboxylic acids is 1. The minimum absolute atomic E-state index is 0.0891. The van der Waals surface area contributed by atoms with Crippen LogP contribution in [0.3, 0.4) is 0 Å². The van der Waals surface area contributed by atoms with Gasteiger partial charge >= 0.3 is 0 Å². The highest BCUT2D eigenvalue weighted by atomic mass is 19.1. The van der Waals surface area contributed by atoms with Crippen molar-refractivity contribution in [2.45, 2.75) is 0 Å². The Hall–Kier alpha value is -3.28. The zero-order valence-corrected chi connectivity index (χ0v) is 12.5. The normalized spacial score (nSPS) is 10.2. The third-order valence-corrected chi connectivity index (χ3v) is 3.23. The first-order valence-electron chi connectivity index (χ1n) is 7.16. The van der Waals surface area contributed by atoms with Crippen molar-refractivity contribution in [3.8, 4) is 0 Å². The Morgan fingerprint density at radius 2 is 1.75 bits per heavy atom. The predicted molar refractivity (Wildman–Crippen MR) is 88.3 cm³/mol. The summed E-state index contributed by atoms with van der Waals surface area (Å²) in [4.78, 5) is 16.1. The van der Waals surface area contributed by atoms with Crippen LogP contribution in [0.2, 0.25) is 0 Å². The van der Waals surface area contributed by atoms with Crippen LogP contribution < -0.4 is 10.6 Å². The summed E-state index contributed by atoms with van der Waals surface area (Å²) in [7, 11) is 0. The van der Waals surface area contributed by atoms with Crippen molar-refractivity contribution >= 4 is 23.0 Å². The van der Waals surface area contributed by atoms with E-state index in [9.17, 15) is 13.6 Å². The van der Waals surface area contributed by atoms with E-state index in [0.717, 1.165) is 0 Å². The number of anilines is 3. The van der Waals surface area contributed by atoms with Crippen molar-refractivity contribution in [1.82, 2.24) is 4.98 Å². The molecule has 0 unspecified atom stereocenters. The van der Waals surface area contributed by atoms with Crippen molar-refractivity contribution in [3.05, 3.63) is 84.2 Å². The molecule has 4 nitrogen and oxygen atoms in total. The fraction of sp³-hybridized carbons (Fsp3) is 0. The van der Waals surface area contributed by atoms with Gasteiger partial charge in [0.15, 0.2) is 0 Å². The number of amides is 1. The average molecular weight is 325 g/mol. The molecule has 0 spiro atoms. The lowest BCUT2D eigenvalue weighted by atomic mass is 10.2. The molecule has 0 bridgehead atoms. The standard InChI is InChI=1S/C18H13F2N3O/c19-12-4-3-5-13(10-12)22-14-8-9-17(21-11-14)18(24)23-16-7-2-1-6-15(16)20/h1-11,22H,(H,23,24). The van der Waals surface area contributed by atoms with E-state index in [1.807, 2.05) is 0 Å². The van der Waals surface area contributed by atoms with Crippen LogP contribution in [0.5, 0.6) is 0 Å². The van der Waals surface area contributed by atoms with E-state index in [-0.39, 0.29) is 17.2 Å². The van der Waals surface area contributed by atoms with E-state index < -0.39 is 11.7 Å². The predicted octanol–water partition coefficient (Wildman–Crippen LogP) is 4.36. The van der Waals surface area contributed by atoms with Crippen LogP contribution in [-0.2, 0) is 0 Å². The average Bonchev–Trinajstić information content (AvgIpc) is 2.57. The number of benzene rings is 2. The third-order valence-electron chi connectivity index (χ3n) is 3.23. The number of nitrogens with zero attached hydrogens (tertiary/aromatic N) is 1. The second-order valence-corrected chi connectivity index (χ2v) is 5.00. The maximum atomic E-state index is 13.5. The summed E-state index contributed by atoms with van der Waals surface area (Å²) in [5.74, 6) is -1.39. The maximum Gasteiger partial charge on any atom is 0.274 e. The van der Waals surface area contributed by atoms with Crippen molar-refractivity contribution in [3.63, 3.8) is 0 Å². The van der Waals surface area contributed by atoms with Gasteiger partial charge in [-0.05, 0) is 42.5 Å².